The number of carbonyl (C=O) groups is 1. The van der Waals surface area contributed by atoms with E-state index in [9.17, 15) is 4.79 Å². The number of likely N-dealkylation sites (tertiary alicyclic amines) is 1. The van der Waals surface area contributed by atoms with Gasteiger partial charge in [-0.1, -0.05) is 61.9 Å². The van der Waals surface area contributed by atoms with Crippen molar-refractivity contribution in [1.82, 2.24) is 20.0 Å². The van der Waals surface area contributed by atoms with Crippen LogP contribution in [0, 0.1) is 0 Å². The van der Waals surface area contributed by atoms with Crippen LogP contribution >= 0.6 is 0 Å². The Morgan fingerprint density at radius 2 is 1.70 bits per heavy atom. The van der Waals surface area contributed by atoms with Gasteiger partial charge in [-0.05, 0) is 43.0 Å². The van der Waals surface area contributed by atoms with Gasteiger partial charge in [0.25, 0.3) is 5.91 Å². The molecule has 1 aliphatic rings. The summed E-state index contributed by atoms with van der Waals surface area (Å²) in [5.74, 6) is -0.0662. The van der Waals surface area contributed by atoms with E-state index in [2.05, 4.69) is 52.6 Å². The van der Waals surface area contributed by atoms with Crippen LogP contribution in [0.4, 0.5) is 0 Å². The molecular weight excluding hydrogens is 372 g/mol. The van der Waals surface area contributed by atoms with E-state index in [1.807, 2.05) is 41.1 Å². The predicted molar refractivity (Wildman–Crippen MR) is 120 cm³/mol. The first-order valence-electron chi connectivity index (χ1n) is 10.9. The Balaban J connectivity index is 1.36. The van der Waals surface area contributed by atoms with Crippen LogP contribution in [-0.2, 0) is 13.0 Å². The minimum absolute atomic E-state index is 0.0662. The fraction of sp³-hybridized carbons (Fsp3) is 0.360. The van der Waals surface area contributed by atoms with Crippen molar-refractivity contribution in [2.45, 2.75) is 45.2 Å². The molecule has 30 heavy (non-hydrogen) atoms. The number of benzene rings is 2. The van der Waals surface area contributed by atoms with Gasteiger partial charge in [0.1, 0.15) is 0 Å². The summed E-state index contributed by atoms with van der Waals surface area (Å²) in [5.41, 5.74) is 3.92. The number of amides is 1. The summed E-state index contributed by atoms with van der Waals surface area (Å²) in [7, 11) is 0. The van der Waals surface area contributed by atoms with Crippen molar-refractivity contribution in [2.75, 3.05) is 13.1 Å². The van der Waals surface area contributed by atoms with E-state index in [-0.39, 0.29) is 11.9 Å². The van der Waals surface area contributed by atoms with Gasteiger partial charge in [0.05, 0.1) is 5.69 Å². The molecule has 1 aliphatic heterocycles. The molecule has 0 atom stereocenters. The van der Waals surface area contributed by atoms with Crippen molar-refractivity contribution >= 4 is 5.91 Å². The molecule has 0 unspecified atom stereocenters. The molecule has 3 aromatic rings. The smallest absolute Gasteiger partial charge is 0.272 e. The molecule has 0 radical (unpaired) electrons. The van der Waals surface area contributed by atoms with Gasteiger partial charge < -0.3 is 5.32 Å². The molecule has 1 saturated heterocycles. The van der Waals surface area contributed by atoms with Gasteiger partial charge in [-0.15, -0.1) is 0 Å². The number of hydrogen-bond acceptors (Lipinski definition) is 3. The average molecular weight is 403 g/mol. The number of para-hydroxylation sites is 1. The number of aromatic nitrogens is 2. The number of nitrogens with one attached hydrogen (secondary N) is 1. The predicted octanol–water partition coefficient (Wildman–Crippen LogP) is 4.22. The minimum atomic E-state index is -0.0662. The van der Waals surface area contributed by atoms with E-state index in [0.717, 1.165) is 56.7 Å². The summed E-state index contributed by atoms with van der Waals surface area (Å²) in [4.78, 5) is 15.3. The van der Waals surface area contributed by atoms with E-state index in [4.69, 9.17) is 0 Å². The third kappa shape index (κ3) is 4.97. The molecule has 0 aliphatic carbocycles. The first kappa shape index (κ1) is 20.4. The highest BCUT2D eigenvalue weighted by atomic mass is 16.2. The molecule has 1 amide bonds. The molecule has 1 aromatic heterocycles. The molecule has 1 fully saturated rings. The standard InChI is InChI=1S/C25H30N4O/c1-2-9-23-18-24(27-29(23)22-12-7-4-8-13-22)25(30)26-21-14-16-28(17-15-21)19-20-10-5-3-6-11-20/h3-8,10-13,18,21H,2,9,14-17,19H2,1H3,(H,26,30). The van der Waals surface area contributed by atoms with Crippen LogP contribution in [0.2, 0.25) is 0 Å². The molecule has 2 aromatic carbocycles. The van der Waals surface area contributed by atoms with Crippen LogP contribution in [0.25, 0.3) is 5.69 Å². The van der Waals surface area contributed by atoms with Crippen LogP contribution in [0.1, 0.15) is 47.9 Å². The number of aryl methyl sites for hydroxylation is 1. The second kappa shape index (κ2) is 9.72. The molecule has 5 heteroatoms. The third-order valence-corrected chi connectivity index (χ3v) is 5.69. The molecule has 1 N–H and O–H groups in total. The zero-order valence-electron chi connectivity index (χ0n) is 17.6. The quantitative estimate of drug-likeness (QED) is 0.644. The van der Waals surface area contributed by atoms with E-state index in [0.29, 0.717) is 5.69 Å². The normalized spacial score (nSPS) is 15.2. The van der Waals surface area contributed by atoms with Crippen molar-refractivity contribution in [2.24, 2.45) is 0 Å². The van der Waals surface area contributed by atoms with E-state index in [1.165, 1.54) is 5.56 Å². The third-order valence-electron chi connectivity index (χ3n) is 5.69. The average Bonchev–Trinajstić information content (AvgIpc) is 3.21. The van der Waals surface area contributed by atoms with Crippen molar-refractivity contribution in [1.29, 1.82) is 0 Å². The molecule has 0 spiro atoms. The monoisotopic (exact) mass is 402 g/mol. The number of piperidine rings is 1. The molecule has 156 valence electrons. The highest BCUT2D eigenvalue weighted by Crippen LogP contribution is 2.17. The molecule has 5 nitrogen and oxygen atoms in total. The number of rotatable bonds is 7. The van der Waals surface area contributed by atoms with Crippen molar-refractivity contribution < 1.29 is 4.79 Å². The Morgan fingerprint density at radius 1 is 1.03 bits per heavy atom. The lowest BCUT2D eigenvalue weighted by molar-refractivity contribution is 0.0903. The fourth-order valence-corrected chi connectivity index (χ4v) is 4.09. The van der Waals surface area contributed by atoms with Crippen LogP contribution in [-0.4, -0.2) is 39.7 Å². The number of nitrogens with zero attached hydrogens (tertiary/aromatic N) is 3. The lowest BCUT2D eigenvalue weighted by Gasteiger charge is -2.32. The zero-order valence-corrected chi connectivity index (χ0v) is 17.6. The van der Waals surface area contributed by atoms with E-state index >= 15 is 0 Å². The summed E-state index contributed by atoms with van der Waals surface area (Å²) in [6.45, 7) is 5.12. The van der Waals surface area contributed by atoms with Gasteiger partial charge in [0, 0.05) is 31.4 Å². The lowest BCUT2D eigenvalue weighted by Crippen LogP contribution is -2.44. The maximum Gasteiger partial charge on any atom is 0.272 e. The highest BCUT2D eigenvalue weighted by Gasteiger charge is 2.23. The van der Waals surface area contributed by atoms with Gasteiger partial charge in [0.2, 0.25) is 0 Å². The largest absolute Gasteiger partial charge is 0.348 e. The molecule has 4 rings (SSSR count). The minimum Gasteiger partial charge on any atom is -0.348 e. The second-order valence-electron chi connectivity index (χ2n) is 8.03. The fourth-order valence-electron chi connectivity index (χ4n) is 4.09. The van der Waals surface area contributed by atoms with Gasteiger partial charge in [0.15, 0.2) is 5.69 Å². The number of carbonyl (C=O) groups excluding carboxylic acids is 1. The summed E-state index contributed by atoms with van der Waals surface area (Å²) < 4.78 is 1.90. The van der Waals surface area contributed by atoms with Crippen LogP contribution in [0.5, 0.6) is 0 Å². The summed E-state index contributed by atoms with van der Waals surface area (Å²) in [6, 6.07) is 22.7. The molecule has 2 heterocycles. The second-order valence-corrected chi connectivity index (χ2v) is 8.03. The first-order valence-corrected chi connectivity index (χ1v) is 10.9. The summed E-state index contributed by atoms with van der Waals surface area (Å²) >= 11 is 0. The lowest BCUT2D eigenvalue weighted by atomic mass is 10.0. The molecular formula is C25H30N4O. The summed E-state index contributed by atoms with van der Waals surface area (Å²) in [5, 5.41) is 7.84. The van der Waals surface area contributed by atoms with E-state index in [1.54, 1.807) is 0 Å². The van der Waals surface area contributed by atoms with Crippen LogP contribution in [0.3, 0.4) is 0 Å². The van der Waals surface area contributed by atoms with Gasteiger partial charge in [-0.3, -0.25) is 9.69 Å². The SMILES string of the molecule is CCCc1cc(C(=O)NC2CCN(Cc3ccccc3)CC2)nn1-c1ccccc1. The van der Waals surface area contributed by atoms with Gasteiger partial charge >= 0.3 is 0 Å². The first-order chi connectivity index (χ1) is 14.7. The maximum absolute atomic E-state index is 12.9. The Hall–Kier alpha value is -2.92. The van der Waals surface area contributed by atoms with Crippen molar-refractivity contribution in [3.05, 3.63) is 83.7 Å². The van der Waals surface area contributed by atoms with Crippen LogP contribution < -0.4 is 5.32 Å². The topological polar surface area (TPSA) is 50.2 Å². The Kier molecular flexibility index (Phi) is 6.60. The van der Waals surface area contributed by atoms with Gasteiger partial charge in [-0.2, -0.15) is 5.10 Å². The Bertz CT molecular complexity index is 944. The molecule has 0 bridgehead atoms. The molecule has 0 saturated carbocycles. The summed E-state index contributed by atoms with van der Waals surface area (Å²) in [6.07, 6.45) is 3.85. The number of hydrogen-bond donors (Lipinski definition) is 1. The Labute approximate surface area is 178 Å². The van der Waals surface area contributed by atoms with Gasteiger partial charge in [-0.25, -0.2) is 4.68 Å². The van der Waals surface area contributed by atoms with Crippen molar-refractivity contribution in [3.63, 3.8) is 0 Å². The van der Waals surface area contributed by atoms with E-state index < -0.39 is 0 Å². The van der Waals surface area contributed by atoms with Crippen LogP contribution in [0.15, 0.2) is 66.7 Å². The Morgan fingerprint density at radius 3 is 2.37 bits per heavy atom. The highest BCUT2D eigenvalue weighted by molar-refractivity contribution is 5.92. The zero-order chi connectivity index (χ0) is 20.8. The van der Waals surface area contributed by atoms with Crippen molar-refractivity contribution in [3.8, 4) is 5.69 Å². The maximum atomic E-state index is 12.9.